The maximum atomic E-state index is 12.9. The molecule has 1 aliphatic heterocycles. The van der Waals surface area contributed by atoms with Gasteiger partial charge < -0.3 is 15.0 Å². The van der Waals surface area contributed by atoms with Crippen LogP contribution in [0.15, 0.2) is 24.3 Å². The molecule has 2 aliphatic rings. The lowest BCUT2D eigenvalue weighted by Crippen LogP contribution is -2.47. The molecule has 1 aliphatic carbocycles. The van der Waals surface area contributed by atoms with E-state index in [0.29, 0.717) is 13.1 Å². The van der Waals surface area contributed by atoms with Crippen LogP contribution < -0.4 is 5.32 Å². The third kappa shape index (κ3) is 3.63. The fourth-order valence-corrected chi connectivity index (χ4v) is 3.21. The second kappa shape index (κ2) is 6.56. The van der Waals surface area contributed by atoms with Crippen LogP contribution in [0.25, 0.3) is 0 Å². The van der Waals surface area contributed by atoms with Crippen molar-refractivity contribution in [1.29, 1.82) is 0 Å². The van der Waals surface area contributed by atoms with Crippen molar-refractivity contribution in [3.63, 3.8) is 0 Å². The first-order valence-corrected chi connectivity index (χ1v) is 7.97. The summed E-state index contributed by atoms with van der Waals surface area (Å²) in [4.78, 5) is 25.4. The largest absolute Gasteiger partial charge is 0.453 e. The van der Waals surface area contributed by atoms with E-state index in [4.69, 9.17) is 4.74 Å². The van der Waals surface area contributed by atoms with Gasteiger partial charge in [0.15, 0.2) is 0 Å². The number of hydrogen-bond donors (Lipinski definition) is 1. The summed E-state index contributed by atoms with van der Waals surface area (Å²) in [5, 5.41) is 3.08. The fourth-order valence-electron chi connectivity index (χ4n) is 3.21. The SMILES string of the molecule is COC(=O)N1CCC(NC(=O)C2CC2c2ccc(F)cc2)CC1. The standard InChI is InChI=1S/C17H21FN2O3/c1-23-17(22)20-8-6-13(7-9-20)19-16(21)15-10-14(15)11-2-4-12(18)5-3-11/h2-5,13-15H,6-10H2,1H3,(H,19,21). The first kappa shape index (κ1) is 15.8. The van der Waals surface area contributed by atoms with Gasteiger partial charge in [0.25, 0.3) is 0 Å². The van der Waals surface area contributed by atoms with Gasteiger partial charge in [-0.1, -0.05) is 12.1 Å². The summed E-state index contributed by atoms with van der Waals surface area (Å²) in [5.41, 5.74) is 1.02. The highest BCUT2D eigenvalue weighted by Crippen LogP contribution is 2.47. The highest BCUT2D eigenvalue weighted by atomic mass is 19.1. The molecular formula is C17H21FN2O3. The number of nitrogens with one attached hydrogen (secondary N) is 1. The van der Waals surface area contributed by atoms with Crippen LogP contribution in [0.2, 0.25) is 0 Å². The molecule has 23 heavy (non-hydrogen) atoms. The van der Waals surface area contributed by atoms with Crippen molar-refractivity contribution in [3.8, 4) is 0 Å². The number of carbonyl (C=O) groups is 2. The molecule has 6 heteroatoms. The molecule has 1 aromatic carbocycles. The van der Waals surface area contributed by atoms with E-state index in [0.717, 1.165) is 24.8 Å². The maximum Gasteiger partial charge on any atom is 0.409 e. The first-order valence-electron chi connectivity index (χ1n) is 7.97. The van der Waals surface area contributed by atoms with Gasteiger partial charge in [0.2, 0.25) is 5.91 Å². The normalized spacial score (nSPS) is 24.2. The van der Waals surface area contributed by atoms with Gasteiger partial charge in [-0.2, -0.15) is 0 Å². The second-order valence-electron chi connectivity index (χ2n) is 6.24. The molecule has 0 aromatic heterocycles. The van der Waals surface area contributed by atoms with Crippen LogP contribution in [0, 0.1) is 11.7 Å². The molecule has 1 aromatic rings. The van der Waals surface area contributed by atoms with Crippen molar-refractivity contribution < 1.29 is 18.7 Å². The maximum absolute atomic E-state index is 12.9. The Bertz CT molecular complexity index is 582. The fraction of sp³-hybridized carbons (Fsp3) is 0.529. The monoisotopic (exact) mass is 320 g/mol. The minimum absolute atomic E-state index is 0.0147. The third-order valence-corrected chi connectivity index (χ3v) is 4.70. The average molecular weight is 320 g/mol. The predicted molar refractivity (Wildman–Crippen MR) is 82.4 cm³/mol. The number of amides is 2. The van der Waals surface area contributed by atoms with Crippen molar-refractivity contribution in [1.82, 2.24) is 10.2 Å². The number of likely N-dealkylation sites (tertiary alicyclic amines) is 1. The van der Waals surface area contributed by atoms with Crippen molar-refractivity contribution in [2.75, 3.05) is 20.2 Å². The number of methoxy groups -OCH3 is 1. The van der Waals surface area contributed by atoms with Crippen LogP contribution in [-0.4, -0.2) is 43.1 Å². The van der Waals surface area contributed by atoms with Crippen LogP contribution in [0.1, 0.15) is 30.7 Å². The molecular weight excluding hydrogens is 299 g/mol. The molecule has 124 valence electrons. The molecule has 2 fully saturated rings. The van der Waals surface area contributed by atoms with E-state index in [2.05, 4.69) is 5.32 Å². The Morgan fingerprint density at radius 2 is 1.87 bits per heavy atom. The van der Waals surface area contributed by atoms with Crippen molar-refractivity contribution in [3.05, 3.63) is 35.6 Å². The van der Waals surface area contributed by atoms with Crippen LogP contribution >= 0.6 is 0 Å². The second-order valence-corrected chi connectivity index (χ2v) is 6.24. The Labute approximate surface area is 134 Å². The molecule has 0 spiro atoms. The van der Waals surface area contributed by atoms with Gasteiger partial charge in [0, 0.05) is 25.0 Å². The summed E-state index contributed by atoms with van der Waals surface area (Å²) in [6.07, 6.45) is 2.00. The van der Waals surface area contributed by atoms with E-state index in [-0.39, 0.29) is 35.7 Å². The number of nitrogens with zero attached hydrogens (tertiary/aromatic N) is 1. The van der Waals surface area contributed by atoms with Gasteiger partial charge in [-0.05, 0) is 42.9 Å². The predicted octanol–water partition coefficient (Wildman–Crippen LogP) is 2.28. The molecule has 2 amide bonds. The molecule has 0 radical (unpaired) electrons. The Balaban J connectivity index is 1.46. The number of rotatable bonds is 3. The quantitative estimate of drug-likeness (QED) is 0.929. The van der Waals surface area contributed by atoms with Crippen LogP contribution in [0.3, 0.4) is 0 Å². The number of ether oxygens (including phenoxy) is 1. The zero-order chi connectivity index (χ0) is 16.4. The van der Waals surface area contributed by atoms with Crippen molar-refractivity contribution in [2.45, 2.75) is 31.2 Å². The molecule has 2 atom stereocenters. The van der Waals surface area contributed by atoms with Crippen molar-refractivity contribution in [2.24, 2.45) is 5.92 Å². The summed E-state index contributed by atoms with van der Waals surface area (Å²) in [6.45, 7) is 1.20. The minimum Gasteiger partial charge on any atom is -0.453 e. The van der Waals surface area contributed by atoms with Gasteiger partial charge >= 0.3 is 6.09 Å². The minimum atomic E-state index is -0.312. The Morgan fingerprint density at radius 3 is 2.48 bits per heavy atom. The lowest BCUT2D eigenvalue weighted by molar-refractivity contribution is -0.123. The zero-order valence-corrected chi connectivity index (χ0v) is 13.1. The number of piperidine rings is 1. The average Bonchev–Trinajstić information content (AvgIpc) is 3.36. The van der Waals surface area contributed by atoms with E-state index in [1.54, 1.807) is 17.0 Å². The Kier molecular flexibility index (Phi) is 4.50. The molecule has 1 N–H and O–H groups in total. The van der Waals surface area contributed by atoms with Gasteiger partial charge in [-0.3, -0.25) is 4.79 Å². The summed E-state index contributed by atoms with van der Waals surface area (Å²) >= 11 is 0. The van der Waals surface area contributed by atoms with E-state index in [1.807, 2.05) is 0 Å². The molecule has 1 saturated carbocycles. The molecule has 5 nitrogen and oxygen atoms in total. The van der Waals surface area contributed by atoms with Crippen LogP contribution in [0.5, 0.6) is 0 Å². The molecule has 0 bridgehead atoms. The van der Waals surface area contributed by atoms with Crippen LogP contribution in [0.4, 0.5) is 9.18 Å². The number of halogens is 1. The molecule has 1 saturated heterocycles. The van der Waals surface area contributed by atoms with Crippen molar-refractivity contribution >= 4 is 12.0 Å². The van der Waals surface area contributed by atoms with E-state index >= 15 is 0 Å². The lowest BCUT2D eigenvalue weighted by Gasteiger charge is -2.31. The van der Waals surface area contributed by atoms with Gasteiger partial charge in [-0.15, -0.1) is 0 Å². The molecule has 2 unspecified atom stereocenters. The van der Waals surface area contributed by atoms with Crippen LogP contribution in [-0.2, 0) is 9.53 Å². The number of hydrogen-bond acceptors (Lipinski definition) is 3. The number of carbonyl (C=O) groups excluding carboxylic acids is 2. The highest BCUT2D eigenvalue weighted by Gasteiger charge is 2.44. The summed E-state index contributed by atoms with van der Waals surface area (Å²) < 4.78 is 17.6. The zero-order valence-electron chi connectivity index (χ0n) is 13.1. The van der Waals surface area contributed by atoms with E-state index in [1.165, 1.54) is 19.2 Å². The Morgan fingerprint density at radius 1 is 1.22 bits per heavy atom. The van der Waals surface area contributed by atoms with E-state index in [9.17, 15) is 14.0 Å². The van der Waals surface area contributed by atoms with Gasteiger partial charge in [0.1, 0.15) is 5.82 Å². The third-order valence-electron chi connectivity index (χ3n) is 4.70. The smallest absolute Gasteiger partial charge is 0.409 e. The lowest BCUT2D eigenvalue weighted by atomic mass is 10.0. The first-order chi connectivity index (χ1) is 11.1. The van der Waals surface area contributed by atoms with Gasteiger partial charge in [-0.25, -0.2) is 9.18 Å². The number of benzene rings is 1. The summed E-state index contributed by atoms with van der Waals surface area (Å²) in [5.74, 6) is -0.00605. The molecule has 1 heterocycles. The highest BCUT2D eigenvalue weighted by molar-refractivity contribution is 5.83. The summed E-state index contributed by atoms with van der Waals surface area (Å²) in [7, 11) is 1.37. The molecule has 3 rings (SSSR count). The summed E-state index contributed by atoms with van der Waals surface area (Å²) in [6, 6.07) is 6.48. The van der Waals surface area contributed by atoms with Gasteiger partial charge in [0.05, 0.1) is 7.11 Å². The van der Waals surface area contributed by atoms with E-state index < -0.39 is 0 Å². The Hall–Kier alpha value is -2.11. The topological polar surface area (TPSA) is 58.6 Å².